The molecular formula is C23H45O8P. The maximum atomic E-state index is 14.5. The van der Waals surface area contributed by atoms with Gasteiger partial charge in [-0.15, -0.1) is 0 Å². The zero-order chi connectivity index (χ0) is 24.5. The smallest absolute Gasteiger partial charge is 0.347 e. The van der Waals surface area contributed by atoms with E-state index in [4.69, 9.17) is 28.0 Å². The Morgan fingerprint density at radius 3 is 1.69 bits per heavy atom. The van der Waals surface area contributed by atoms with Crippen molar-refractivity contribution in [1.82, 2.24) is 0 Å². The minimum absolute atomic E-state index is 0.122. The second kappa shape index (κ2) is 17.8. The molecule has 0 saturated carbocycles. The van der Waals surface area contributed by atoms with Gasteiger partial charge in [-0.1, -0.05) is 48.1 Å². The number of carbonyl (C=O) groups excluding carboxylic acids is 1. The van der Waals surface area contributed by atoms with Crippen LogP contribution in [0.25, 0.3) is 0 Å². The normalized spacial score (nSPS) is 15.0. The summed E-state index contributed by atoms with van der Waals surface area (Å²) in [6.07, 6.45) is 2.48. The van der Waals surface area contributed by atoms with Gasteiger partial charge in [0.2, 0.25) is 6.29 Å². The van der Waals surface area contributed by atoms with Crippen molar-refractivity contribution in [2.24, 2.45) is 0 Å². The van der Waals surface area contributed by atoms with E-state index in [1.54, 1.807) is 6.92 Å². The Morgan fingerprint density at radius 1 is 0.844 bits per heavy atom. The molecule has 0 N–H and O–H groups in total. The van der Waals surface area contributed by atoms with Crippen LogP contribution in [0.2, 0.25) is 0 Å². The van der Waals surface area contributed by atoms with Gasteiger partial charge in [0.25, 0.3) is 0 Å². The molecule has 9 heteroatoms. The number of ether oxygens (including phenoxy) is 4. The first-order valence-electron chi connectivity index (χ1n) is 12.0. The Balaban J connectivity index is 6.67. The van der Waals surface area contributed by atoms with Gasteiger partial charge in [0.05, 0.1) is 19.8 Å². The Hall–Kier alpha value is -0.600. The van der Waals surface area contributed by atoms with E-state index in [1.165, 1.54) is 0 Å². The molecule has 0 saturated heterocycles. The summed E-state index contributed by atoms with van der Waals surface area (Å²) in [5, 5.41) is 0. The molecule has 0 aromatic heterocycles. The molecule has 0 aliphatic heterocycles. The maximum absolute atomic E-state index is 14.5. The average molecular weight is 481 g/mol. The van der Waals surface area contributed by atoms with Crippen LogP contribution in [-0.2, 0) is 37.4 Å². The van der Waals surface area contributed by atoms with E-state index in [0.29, 0.717) is 45.3 Å². The first kappa shape index (κ1) is 31.4. The van der Waals surface area contributed by atoms with Crippen LogP contribution >= 0.6 is 7.60 Å². The Morgan fingerprint density at radius 2 is 1.31 bits per heavy atom. The van der Waals surface area contributed by atoms with Crippen LogP contribution in [0.1, 0.15) is 80.1 Å². The summed E-state index contributed by atoms with van der Waals surface area (Å²) >= 11 is 0. The molecule has 0 radical (unpaired) electrons. The molecule has 0 fully saturated rings. The minimum atomic E-state index is -4.28. The van der Waals surface area contributed by atoms with E-state index in [2.05, 4.69) is 6.58 Å². The second-order valence-corrected chi connectivity index (χ2v) is 9.43. The molecular weight excluding hydrogens is 435 g/mol. The fourth-order valence-electron chi connectivity index (χ4n) is 2.70. The lowest BCUT2D eigenvalue weighted by Gasteiger charge is -2.43. The van der Waals surface area contributed by atoms with Gasteiger partial charge >= 0.3 is 13.1 Å². The summed E-state index contributed by atoms with van der Waals surface area (Å²) < 4.78 is 50.5. The standard InChI is InChI=1S/C23H45O8P/c1-8-15-26-22(27-16-9-2)23(28-17-10-3,29-18-11-4)32(25,30-19-12-5)31-21(14-7)20(24)13-6/h13,21-22H,6,8-12,14-19H2,1-5,7H3. The quantitative estimate of drug-likeness (QED) is 0.108. The van der Waals surface area contributed by atoms with Crippen molar-refractivity contribution < 1.29 is 37.4 Å². The number of ketones is 1. The molecule has 32 heavy (non-hydrogen) atoms. The molecule has 0 aromatic rings. The fraction of sp³-hybridized carbons (Fsp3) is 0.870. The van der Waals surface area contributed by atoms with Gasteiger partial charge in [-0.3, -0.25) is 13.9 Å². The van der Waals surface area contributed by atoms with E-state index in [9.17, 15) is 9.36 Å². The summed E-state index contributed by atoms with van der Waals surface area (Å²) in [5.74, 6) is -0.395. The predicted molar refractivity (Wildman–Crippen MR) is 126 cm³/mol. The van der Waals surface area contributed by atoms with E-state index in [0.717, 1.165) is 6.08 Å². The molecule has 190 valence electrons. The average Bonchev–Trinajstić information content (AvgIpc) is 2.81. The summed E-state index contributed by atoms with van der Waals surface area (Å²) in [4.78, 5) is 12.4. The molecule has 0 spiro atoms. The van der Waals surface area contributed by atoms with Crippen molar-refractivity contribution in [2.45, 2.75) is 98.0 Å². The summed E-state index contributed by atoms with van der Waals surface area (Å²) in [5.41, 5.74) is -1.98. The summed E-state index contributed by atoms with van der Waals surface area (Å²) in [6, 6.07) is 0. The van der Waals surface area contributed by atoms with E-state index in [1.807, 2.05) is 34.6 Å². The van der Waals surface area contributed by atoms with Gasteiger partial charge in [-0.2, -0.15) is 0 Å². The van der Waals surface area contributed by atoms with Crippen LogP contribution in [0, 0.1) is 0 Å². The van der Waals surface area contributed by atoms with Crippen LogP contribution in [0.4, 0.5) is 0 Å². The highest BCUT2D eigenvalue weighted by atomic mass is 31.2. The third-order valence-corrected chi connectivity index (χ3v) is 6.56. The highest BCUT2D eigenvalue weighted by Crippen LogP contribution is 2.64. The minimum Gasteiger partial charge on any atom is -0.347 e. The van der Waals surface area contributed by atoms with Gasteiger partial charge < -0.3 is 23.5 Å². The third kappa shape index (κ3) is 9.34. The molecule has 0 heterocycles. The highest BCUT2D eigenvalue weighted by Gasteiger charge is 2.62. The number of hydrogen-bond acceptors (Lipinski definition) is 8. The van der Waals surface area contributed by atoms with Gasteiger partial charge in [-0.05, 0) is 44.6 Å². The molecule has 8 nitrogen and oxygen atoms in total. The van der Waals surface area contributed by atoms with Gasteiger partial charge in [0, 0.05) is 13.2 Å². The molecule has 0 rings (SSSR count). The van der Waals surface area contributed by atoms with Crippen molar-refractivity contribution in [1.29, 1.82) is 0 Å². The first-order valence-corrected chi connectivity index (χ1v) is 13.5. The molecule has 2 unspecified atom stereocenters. The molecule has 0 bridgehead atoms. The second-order valence-electron chi connectivity index (χ2n) is 7.34. The van der Waals surface area contributed by atoms with Crippen molar-refractivity contribution in [3.63, 3.8) is 0 Å². The van der Waals surface area contributed by atoms with Gasteiger partial charge in [-0.25, -0.2) is 0 Å². The Kier molecular flexibility index (Phi) is 17.5. The Labute approximate surface area is 194 Å². The monoisotopic (exact) mass is 480 g/mol. The van der Waals surface area contributed by atoms with Crippen LogP contribution in [-0.4, -0.2) is 56.7 Å². The summed E-state index contributed by atoms with van der Waals surface area (Å²) in [6.45, 7) is 16.1. The molecule has 0 aliphatic rings. The predicted octanol–water partition coefficient (Wildman–Crippen LogP) is 5.84. The van der Waals surface area contributed by atoms with Gasteiger partial charge in [0.15, 0.2) is 5.78 Å². The number of rotatable bonds is 22. The first-order chi connectivity index (χ1) is 15.4. The fourth-order valence-corrected chi connectivity index (χ4v) is 5.01. The maximum Gasteiger partial charge on any atom is 0.396 e. The van der Waals surface area contributed by atoms with Crippen LogP contribution < -0.4 is 0 Å². The lowest BCUT2D eigenvalue weighted by molar-refractivity contribution is -0.319. The third-order valence-electron chi connectivity index (χ3n) is 4.27. The van der Waals surface area contributed by atoms with E-state index >= 15 is 0 Å². The van der Waals surface area contributed by atoms with E-state index in [-0.39, 0.29) is 26.2 Å². The lowest BCUT2D eigenvalue weighted by atomic mass is 10.2. The molecule has 2 atom stereocenters. The highest BCUT2D eigenvalue weighted by molar-refractivity contribution is 7.55. The zero-order valence-corrected chi connectivity index (χ0v) is 21.8. The van der Waals surface area contributed by atoms with Crippen LogP contribution in [0.15, 0.2) is 12.7 Å². The van der Waals surface area contributed by atoms with Crippen LogP contribution in [0.5, 0.6) is 0 Å². The Bertz CT molecular complexity index is 538. The summed E-state index contributed by atoms with van der Waals surface area (Å²) in [7, 11) is -4.28. The molecule has 0 aliphatic carbocycles. The number of carbonyl (C=O) groups is 1. The van der Waals surface area contributed by atoms with Crippen molar-refractivity contribution in [3.8, 4) is 0 Å². The van der Waals surface area contributed by atoms with E-state index < -0.39 is 31.3 Å². The number of hydrogen-bond donors (Lipinski definition) is 0. The SMILES string of the molecule is C=CC(=O)C(CC)OP(=O)(OCCC)C(OCCC)(OCCC)C(OCCC)OCCC. The van der Waals surface area contributed by atoms with Crippen molar-refractivity contribution in [2.75, 3.05) is 33.0 Å². The van der Waals surface area contributed by atoms with Crippen molar-refractivity contribution >= 4 is 13.4 Å². The lowest BCUT2D eigenvalue weighted by Crippen LogP contribution is -2.52. The zero-order valence-electron chi connectivity index (χ0n) is 20.9. The molecule has 0 amide bonds. The largest absolute Gasteiger partial charge is 0.396 e. The van der Waals surface area contributed by atoms with Gasteiger partial charge in [0.1, 0.15) is 6.10 Å². The topological polar surface area (TPSA) is 89.5 Å². The molecule has 0 aromatic carbocycles. The van der Waals surface area contributed by atoms with Crippen molar-refractivity contribution in [3.05, 3.63) is 12.7 Å². The van der Waals surface area contributed by atoms with Crippen LogP contribution in [0.3, 0.4) is 0 Å².